The second-order valence-corrected chi connectivity index (χ2v) is 7.30. The van der Waals surface area contributed by atoms with Crippen molar-refractivity contribution in [2.24, 2.45) is 7.05 Å². The number of carbonyl (C=O) groups is 2. The molecule has 1 saturated carbocycles. The number of hydrogen-bond donors (Lipinski definition) is 3. The van der Waals surface area contributed by atoms with Crippen LogP contribution in [-0.2, 0) is 11.8 Å². The van der Waals surface area contributed by atoms with Crippen LogP contribution in [0.4, 0.5) is 10.6 Å². The molecule has 27 heavy (non-hydrogen) atoms. The normalized spacial score (nSPS) is 19.3. The van der Waals surface area contributed by atoms with Crippen molar-refractivity contribution >= 4 is 17.8 Å². The molecule has 146 valence electrons. The zero-order valence-corrected chi connectivity index (χ0v) is 16.1. The van der Waals surface area contributed by atoms with Gasteiger partial charge in [0.2, 0.25) is 0 Å². The molecule has 0 aromatic carbocycles. The Morgan fingerprint density at radius 3 is 2.81 bits per heavy atom. The third-order valence-electron chi connectivity index (χ3n) is 4.60. The molecule has 0 bridgehead atoms. The summed E-state index contributed by atoms with van der Waals surface area (Å²) in [5, 5.41) is 16.9. The largest absolute Gasteiger partial charge is 0.446 e. The first kappa shape index (κ1) is 18.9. The van der Waals surface area contributed by atoms with Crippen molar-refractivity contribution in [3.05, 3.63) is 29.2 Å². The van der Waals surface area contributed by atoms with E-state index in [1.54, 1.807) is 24.9 Å². The average Bonchev–Trinajstić information content (AvgIpc) is 3.27. The lowest BCUT2D eigenvalue weighted by molar-refractivity contribution is 0.0979. The van der Waals surface area contributed by atoms with Crippen molar-refractivity contribution < 1.29 is 14.3 Å². The van der Waals surface area contributed by atoms with Crippen LogP contribution in [-0.4, -0.2) is 44.1 Å². The first-order chi connectivity index (χ1) is 12.8. The number of aromatic amines is 1. The molecule has 0 saturated heterocycles. The molecule has 1 aliphatic carbocycles. The number of aromatic nitrogens is 4. The smallest absolute Gasteiger partial charge is 0.407 e. The van der Waals surface area contributed by atoms with Crippen molar-refractivity contribution in [2.45, 2.75) is 58.1 Å². The summed E-state index contributed by atoms with van der Waals surface area (Å²) in [6.07, 6.45) is 3.65. The van der Waals surface area contributed by atoms with Crippen molar-refractivity contribution in [1.82, 2.24) is 25.3 Å². The SMILES string of the molecule is Cc1nn(C)cc1C(=O)Nc1cc([C@H]2CC[C@@H](OC(=O)NC(C)C)C2)[nH]n1. The zero-order valence-electron chi connectivity index (χ0n) is 16.1. The molecule has 2 aromatic heterocycles. The Morgan fingerprint density at radius 2 is 2.15 bits per heavy atom. The summed E-state index contributed by atoms with van der Waals surface area (Å²) in [4.78, 5) is 24.1. The minimum Gasteiger partial charge on any atom is -0.446 e. The first-order valence-electron chi connectivity index (χ1n) is 9.16. The van der Waals surface area contributed by atoms with Crippen LogP contribution in [0.2, 0.25) is 0 Å². The zero-order chi connectivity index (χ0) is 19.6. The van der Waals surface area contributed by atoms with Crippen LogP contribution < -0.4 is 10.6 Å². The second kappa shape index (κ2) is 7.81. The molecule has 2 aromatic rings. The summed E-state index contributed by atoms with van der Waals surface area (Å²) < 4.78 is 7.06. The van der Waals surface area contributed by atoms with Crippen LogP contribution in [0, 0.1) is 6.92 Å². The number of alkyl carbamates (subject to hydrolysis) is 1. The highest BCUT2D eigenvalue weighted by Gasteiger charge is 2.30. The first-order valence-corrected chi connectivity index (χ1v) is 9.16. The van der Waals surface area contributed by atoms with Gasteiger partial charge in [0.15, 0.2) is 5.82 Å². The van der Waals surface area contributed by atoms with Gasteiger partial charge in [-0.15, -0.1) is 0 Å². The molecule has 3 N–H and O–H groups in total. The third-order valence-corrected chi connectivity index (χ3v) is 4.60. The fourth-order valence-corrected chi connectivity index (χ4v) is 3.37. The Morgan fingerprint density at radius 1 is 1.37 bits per heavy atom. The summed E-state index contributed by atoms with van der Waals surface area (Å²) in [7, 11) is 1.77. The molecule has 0 aliphatic heterocycles. The summed E-state index contributed by atoms with van der Waals surface area (Å²) >= 11 is 0. The van der Waals surface area contributed by atoms with Gasteiger partial charge in [0.05, 0.1) is 11.3 Å². The predicted molar refractivity (Wildman–Crippen MR) is 99.6 cm³/mol. The van der Waals surface area contributed by atoms with E-state index in [0.29, 0.717) is 17.1 Å². The fourth-order valence-electron chi connectivity index (χ4n) is 3.37. The van der Waals surface area contributed by atoms with E-state index in [1.165, 1.54) is 0 Å². The number of H-pyrrole nitrogens is 1. The molecule has 2 amide bonds. The average molecular weight is 374 g/mol. The number of nitrogens with zero attached hydrogens (tertiary/aromatic N) is 3. The van der Waals surface area contributed by atoms with Gasteiger partial charge in [-0.1, -0.05) is 0 Å². The van der Waals surface area contributed by atoms with Gasteiger partial charge in [-0.25, -0.2) is 4.79 Å². The van der Waals surface area contributed by atoms with Crippen molar-refractivity contribution in [3.63, 3.8) is 0 Å². The van der Waals surface area contributed by atoms with Crippen LogP contribution in [0.5, 0.6) is 0 Å². The van der Waals surface area contributed by atoms with E-state index in [-0.39, 0.29) is 30.1 Å². The third kappa shape index (κ3) is 4.66. The number of aryl methyl sites for hydroxylation is 2. The van der Waals surface area contributed by atoms with Gasteiger partial charge in [0.25, 0.3) is 5.91 Å². The molecular formula is C18H26N6O3. The van der Waals surface area contributed by atoms with Crippen LogP contribution in [0.1, 0.15) is 60.8 Å². The number of carbonyl (C=O) groups excluding carboxylic acids is 2. The standard InChI is InChI=1S/C18H26N6O3/c1-10(2)19-18(26)27-13-6-5-12(7-13)15-8-16(22-21-15)20-17(25)14-9-24(4)23-11(14)3/h8-10,12-13H,5-7H2,1-4H3,(H,19,26)(H2,20,21,22,25)/t12-,13+/m0/s1. The maximum Gasteiger partial charge on any atom is 0.407 e. The lowest BCUT2D eigenvalue weighted by Crippen LogP contribution is -2.33. The molecular weight excluding hydrogens is 348 g/mol. The number of nitrogens with one attached hydrogen (secondary N) is 3. The predicted octanol–water partition coefficient (Wildman–Crippen LogP) is 2.47. The van der Waals surface area contributed by atoms with Gasteiger partial charge in [0, 0.05) is 37.0 Å². The molecule has 9 nitrogen and oxygen atoms in total. The van der Waals surface area contributed by atoms with E-state index in [0.717, 1.165) is 25.0 Å². The Kier molecular flexibility index (Phi) is 5.48. The van der Waals surface area contributed by atoms with Crippen LogP contribution in [0.3, 0.4) is 0 Å². The van der Waals surface area contributed by atoms with E-state index in [1.807, 2.05) is 19.9 Å². The van der Waals surface area contributed by atoms with Gasteiger partial charge < -0.3 is 15.4 Å². The Labute approximate surface area is 157 Å². The lowest BCUT2D eigenvalue weighted by Gasteiger charge is -2.14. The molecule has 1 aliphatic rings. The monoisotopic (exact) mass is 374 g/mol. The van der Waals surface area contributed by atoms with Gasteiger partial charge in [-0.3, -0.25) is 14.6 Å². The van der Waals surface area contributed by atoms with Gasteiger partial charge in [-0.2, -0.15) is 10.2 Å². The van der Waals surface area contributed by atoms with E-state index in [4.69, 9.17) is 4.74 Å². The fraction of sp³-hybridized carbons (Fsp3) is 0.556. The van der Waals surface area contributed by atoms with Crippen LogP contribution >= 0.6 is 0 Å². The quantitative estimate of drug-likeness (QED) is 0.744. The summed E-state index contributed by atoms with van der Waals surface area (Å²) in [5.74, 6) is 0.456. The van der Waals surface area contributed by atoms with E-state index in [2.05, 4.69) is 25.9 Å². The van der Waals surface area contributed by atoms with E-state index < -0.39 is 0 Å². The molecule has 1 fully saturated rings. The number of hydrogen-bond acceptors (Lipinski definition) is 5. The van der Waals surface area contributed by atoms with Crippen LogP contribution in [0.15, 0.2) is 12.3 Å². The Balaban J connectivity index is 1.56. The molecule has 2 heterocycles. The summed E-state index contributed by atoms with van der Waals surface area (Å²) in [5.41, 5.74) is 2.12. The number of amides is 2. The maximum absolute atomic E-state index is 12.4. The molecule has 0 spiro atoms. The minimum absolute atomic E-state index is 0.0527. The Hall–Kier alpha value is -2.84. The summed E-state index contributed by atoms with van der Waals surface area (Å²) in [6.45, 7) is 5.58. The Bertz CT molecular complexity index is 825. The highest BCUT2D eigenvalue weighted by atomic mass is 16.6. The van der Waals surface area contributed by atoms with Gasteiger partial charge in [0.1, 0.15) is 6.10 Å². The number of ether oxygens (including phenoxy) is 1. The summed E-state index contributed by atoms with van der Waals surface area (Å²) in [6, 6.07) is 1.89. The molecule has 9 heteroatoms. The highest BCUT2D eigenvalue weighted by molar-refractivity contribution is 6.04. The van der Waals surface area contributed by atoms with Crippen LogP contribution in [0.25, 0.3) is 0 Å². The molecule has 2 atom stereocenters. The van der Waals surface area contributed by atoms with Gasteiger partial charge >= 0.3 is 6.09 Å². The van der Waals surface area contributed by atoms with E-state index in [9.17, 15) is 9.59 Å². The maximum atomic E-state index is 12.4. The molecule has 0 radical (unpaired) electrons. The van der Waals surface area contributed by atoms with Gasteiger partial charge in [-0.05, 0) is 40.0 Å². The minimum atomic E-state index is -0.375. The lowest BCUT2D eigenvalue weighted by atomic mass is 10.0. The highest BCUT2D eigenvalue weighted by Crippen LogP contribution is 2.35. The molecule has 3 rings (SSSR count). The van der Waals surface area contributed by atoms with E-state index >= 15 is 0 Å². The number of anilines is 1. The van der Waals surface area contributed by atoms with Crippen molar-refractivity contribution in [3.8, 4) is 0 Å². The number of rotatable bonds is 5. The second-order valence-electron chi connectivity index (χ2n) is 7.30. The topological polar surface area (TPSA) is 114 Å². The molecule has 0 unspecified atom stereocenters. The van der Waals surface area contributed by atoms with Crippen molar-refractivity contribution in [2.75, 3.05) is 5.32 Å². The van der Waals surface area contributed by atoms with Crippen molar-refractivity contribution in [1.29, 1.82) is 0 Å².